The fourth-order valence-electron chi connectivity index (χ4n) is 3.96. The Labute approximate surface area is 174 Å². The van der Waals surface area contributed by atoms with Gasteiger partial charge in [0.25, 0.3) is 0 Å². The van der Waals surface area contributed by atoms with Crippen LogP contribution in [-0.4, -0.2) is 105 Å². The van der Waals surface area contributed by atoms with Crippen LogP contribution in [0.5, 0.6) is 0 Å². The van der Waals surface area contributed by atoms with Crippen LogP contribution in [0.3, 0.4) is 0 Å². The minimum absolute atomic E-state index is 0.124. The van der Waals surface area contributed by atoms with Crippen LogP contribution >= 0.6 is 0 Å². The first-order valence-electron chi connectivity index (χ1n) is 10.6. The summed E-state index contributed by atoms with van der Waals surface area (Å²) < 4.78 is 0. The summed E-state index contributed by atoms with van der Waals surface area (Å²) in [5.74, 6) is 0.356. The van der Waals surface area contributed by atoms with Gasteiger partial charge in [-0.1, -0.05) is 12.1 Å². The van der Waals surface area contributed by atoms with Gasteiger partial charge in [-0.3, -0.25) is 19.4 Å². The minimum Gasteiger partial charge on any atom is -0.378 e. The average Bonchev–Trinajstić information content (AvgIpc) is 3.22. The molecule has 2 aliphatic heterocycles. The quantitative estimate of drug-likeness (QED) is 0.681. The second-order valence-electron chi connectivity index (χ2n) is 8.45. The van der Waals surface area contributed by atoms with Gasteiger partial charge in [0.1, 0.15) is 0 Å². The first-order chi connectivity index (χ1) is 13.9. The maximum atomic E-state index is 12.6. The number of anilines is 1. The van der Waals surface area contributed by atoms with Crippen LogP contribution in [0.15, 0.2) is 24.3 Å². The monoisotopic (exact) mass is 401 g/mol. The molecule has 0 unspecified atom stereocenters. The Morgan fingerprint density at radius 3 is 2.00 bits per heavy atom. The number of hydrogen-bond acceptors (Lipinski definition) is 5. The zero-order chi connectivity index (χ0) is 20.8. The molecule has 0 spiro atoms. The third-order valence-electron chi connectivity index (χ3n) is 5.94. The van der Waals surface area contributed by atoms with Crippen LogP contribution in [0.25, 0.3) is 0 Å². The van der Waals surface area contributed by atoms with Gasteiger partial charge in [-0.2, -0.15) is 0 Å². The summed E-state index contributed by atoms with van der Waals surface area (Å²) in [6.45, 7) is 6.64. The van der Waals surface area contributed by atoms with E-state index in [1.807, 2.05) is 26.0 Å². The SMILES string of the molecule is CN(Cc1ccc(N(C)C)cc1)C(=O)CN1CCN(C(=O)CN2CCCC2)CC1. The number of carbonyl (C=O) groups excluding carboxylic acids is 2. The van der Waals surface area contributed by atoms with E-state index in [9.17, 15) is 9.59 Å². The van der Waals surface area contributed by atoms with E-state index in [0.29, 0.717) is 19.6 Å². The number of rotatable bonds is 7. The van der Waals surface area contributed by atoms with Crippen molar-refractivity contribution in [3.05, 3.63) is 29.8 Å². The normalized spacial score (nSPS) is 18.1. The lowest BCUT2D eigenvalue weighted by Gasteiger charge is -2.35. The van der Waals surface area contributed by atoms with Crippen molar-refractivity contribution in [3.8, 4) is 0 Å². The number of likely N-dealkylation sites (tertiary alicyclic amines) is 1. The van der Waals surface area contributed by atoms with Gasteiger partial charge in [0.05, 0.1) is 13.1 Å². The van der Waals surface area contributed by atoms with Gasteiger partial charge >= 0.3 is 0 Å². The molecule has 0 atom stereocenters. The maximum Gasteiger partial charge on any atom is 0.236 e. The topological polar surface area (TPSA) is 50.3 Å². The largest absolute Gasteiger partial charge is 0.378 e. The number of benzene rings is 1. The van der Waals surface area contributed by atoms with Gasteiger partial charge in [0.2, 0.25) is 11.8 Å². The number of likely N-dealkylation sites (N-methyl/N-ethyl adjacent to an activating group) is 1. The Bertz CT molecular complexity index is 677. The van der Waals surface area contributed by atoms with E-state index in [-0.39, 0.29) is 11.8 Å². The molecule has 2 saturated heterocycles. The Morgan fingerprint density at radius 1 is 0.828 bits per heavy atom. The highest BCUT2D eigenvalue weighted by Crippen LogP contribution is 2.14. The van der Waals surface area contributed by atoms with E-state index in [0.717, 1.165) is 50.5 Å². The average molecular weight is 402 g/mol. The molecule has 160 valence electrons. The van der Waals surface area contributed by atoms with E-state index in [1.165, 1.54) is 12.8 Å². The summed E-state index contributed by atoms with van der Waals surface area (Å²) in [5, 5.41) is 0. The molecule has 0 N–H and O–H groups in total. The van der Waals surface area contributed by atoms with Crippen molar-refractivity contribution in [1.82, 2.24) is 19.6 Å². The molecule has 29 heavy (non-hydrogen) atoms. The Kier molecular flexibility index (Phi) is 7.50. The molecular formula is C22H35N5O2. The lowest BCUT2D eigenvalue weighted by molar-refractivity contribution is -0.135. The van der Waals surface area contributed by atoms with Crippen LogP contribution in [0.4, 0.5) is 5.69 Å². The smallest absolute Gasteiger partial charge is 0.236 e. The summed E-state index contributed by atoms with van der Waals surface area (Å²) >= 11 is 0. The van der Waals surface area contributed by atoms with Gasteiger partial charge in [0.15, 0.2) is 0 Å². The van der Waals surface area contributed by atoms with Crippen LogP contribution in [-0.2, 0) is 16.1 Å². The highest BCUT2D eigenvalue weighted by atomic mass is 16.2. The zero-order valence-corrected chi connectivity index (χ0v) is 18.1. The van der Waals surface area contributed by atoms with Crippen molar-refractivity contribution in [2.75, 3.05) is 78.4 Å². The van der Waals surface area contributed by atoms with Crippen molar-refractivity contribution in [1.29, 1.82) is 0 Å². The Hall–Kier alpha value is -2.12. The first-order valence-corrected chi connectivity index (χ1v) is 10.6. The number of piperazine rings is 1. The Morgan fingerprint density at radius 2 is 1.41 bits per heavy atom. The molecule has 0 saturated carbocycles. The maximum absolute atomic E-state index is 12.6. The van der Waals surface area contributed by atoms with Gasteiger partial charge in [-0.05, 0) is 43.6 Å². The second-order valence-corrected chi connectivity index (χ2v) is 8.45. The third kappa shape index (κ3) is 6.18. The van der Waals surface area contributed by atoms with E-state index in [2.05, 4.69) is 39.0 Å². The van der Waals surface area contributed by atoms with Crippen molar-refractivity contribution >= 4 is 17.5 Å². The zero-order valence-electron chi connectivity index (χ0n) is 18.1. The Balaban J connectivity index is 1.39. The van der Waals surface area contributed by atoms with Gasteiger partial charge < -0.3 is 14.7 Å². The molecule has 0 aromatic heterocycles. The predicted octanol–water partition coefficient (Wildman–Crippen LogP) is 0.951. The lowest BCUT2D eigenvalue weighted by Crippen LogP contribution is -2.52. The van der Waals surface area contributed by atoms with Gasteiger partial charge in [-0.25, -0.2) is 0 Å². The summed E-state index contributed by atoms with van der Waals surface area (Å²) in [4.78, 5) is 35.3. The lowest BCUT2D eigenvalue weighted by atomic mass is 10.2. The number of hydrogen-bond donors (Lipinski definition) is 0. The second kappa shape index (κ2) is 10.1. The molecule has 7 nitrogen and oxygen atoms in total. The summed E-state index contributed by atoms with van der Waals surface area (Å²) in [7, 11) is 5.90. The molecular weight excluding hydrogens is 366 g/mol. The number of carbonyl (C=O) groups is 2. The molecule has 0 radical (unpaired) electrons. The first kappa shape index (κ1) is 21.6. The number of amides is 2. The molecule has 1 aromatic carbocycles. The minimum atomic E-state index is 0.124. The van der Waals surface area contributed by atoms with E-state index in [4.69, 9.17) is 0 Å². The van der Waals surface area contributed by atoms with Crippen molar-refractivity contribution in [2.24, 2.45) is 0 Å². The standard InChI is InChI=1S/C22H35N5O2/c1-23(2)20-8-6-19(7-9-20)16-24(3)21(28)17-26-12-14-27(15-13-26)22(29)18-25-10-4-5-11-25/h6-9H,4-5,10-18H2,1-3H3. The van der Waals surface area contributed by atoms with E-state index in [1.54, 1.807) is 4.90 Å². The predicted molar refractivity (Wildman–Crippen MR) is 116 cm³/mol. The van der Waals surface area contributed by atoms with Crippen molar-refractivity contribution in [2.45, 2.75) is 19.4 Å². The molecule has 2 heterocycles. The van der Waals surface area contributed by atoms with Crippen LogP contribution in [0.1, 0.15) is 18.4 Å². The molecule has 0 aliphatic carbocycles. The van der Waals surface area contributed by atoms with E-state index >= 15 is 0 Å². The van der Waals surface area contributed by atoms with Gasteiger partial charge in [0, 0.05) is 59.6 Å². The molecule has 2 aliphatic rings. The molecule has 2 amide bonds. The van der Waals surface area contributed by atoms with Crippen molar-refractivity contribution in [3.63, 3.8) is 0 Å². The summed E-state index contributed by atoms with van der Waals surface area (Å²) in [6.07, 6.45) is 2.41. The highest BCUT2D eigenvalue weighted by Gasteiger charge is 2.25. The van der Waals surface area contributed by atoms with Gasteiger partial charge in [-0.15, -0.1) is 0 Å². The summed E-state index contributed by atoms with van der Waals surface area (Å²) in [5.41, 5.74) is 2.28. The number of nitrogens with zero attached hydrogens (tertiary/aromatic N) is 5. The molecule has 7 heteroatoms. The summed E-state index contributed by atoms with van der Waals surface area (Å²) in [6, 6.07) is 8.30. The molecule has 0 bridgehead atoms. The molecule has 2 fully saturated rings. The van der Waals surface area contributed by atoms with Crippen molar-refractivity contribution < 1.29 is 9.59 Å². The fourth-order valence-corrected chi connectivity index (χ4v) is 3.96. The van der Waals surface area contributed by atoms with Crippen LogP contribution in [0, 0.1) is 0 Å². The van der Waals surface area contributed by atoms with Crippen LogP contribution in [0.2, 0.25) is 0 Å². The van der Waals surface area contributed by atoms with E-state index < -0.39 is 0 Å². The fraction of sp³-hybridized carbons (Fsp3) is 0.636. The highest BCUT2D eigenvalue weighted by molar-refractivity contribution is 5.79. The third-order valence-corrected chi connectivity index (χ3v) is 5.94. The van der Waals surface area contributed by atoms with Crippen LogP contribution < -0.4 is 4.90 Å². The molecule has 3 rings (SSSR count). The molecule has 1 aromatic rings.